The second-order valence-electron chi connectivity index (χ2n) is 1.28. The normalized spacial score (nSPS) is 11.2. The molecule has 0 saturated carbocycles. The predicted molar refractivity (Wildman–Crippen MR) is 34.9 cm³/mol. The van der Waals surface area contributed by atoms with E-state index in [1.807, 2.05) is 19.1 Å². The lowest BCUT2D eigenvalue weighted by Crippen LogP contribution is -1.71. The van der Waals surface area contributed by atoms with E-state index in [2.05, 4.69) is 9.99 Å². The lowest BCUT2D eigenvalue weighted by Gasteiger charge is -1.80. The third kappa shape index (κ3) is 5.21. The number of hydrogen-bond donors (Lipinski definition) is 0. The van der Waals surface area contributed by atoms with Gasteiger partial charge in [-0.2, -0.15) is 0 Å². The molecule has 0 saturated heterocycles. The van der Waals surface area contributed by atoms with Gasteiger partial charge in [-0.3, -0.25) is 0 Å². The fourth-order valence-electron chi connectivity index (χ4n) is 0.315. The third-order valence-electron chi connectivity index (χ3n) is 0.657. The van der Waals surface area contributed by atoms with Crippen LogP contribution < -0.4 is 0 Å². The molecule has 0 bridgehead atoms. The van der Waals surface area contributed by atoms with Gasteiger partial charge in [0, 0.05) is 12.6 Å². The Kier molecular flexibility index (Phi) is 5.60. The van der Waals surface area contributed by atoms with Gasteiger partial charge in [0.25, 0.3) is 0 Å². The van der Waals surface area contributed by atoms with Crippen molar-refractivity contribution in [2.45, 2.75) is 13.3 Å². The van der Waals surface area contributed by atoms with Crippen molar-refractivity contribution in [3.8, 4) is 0 Å². The monoisotopic (exact) mass is 113 g/mol. The van der Waals surface area contributed by atoms with E-state index in [0.717, 1.165) is 6.42 Å². The Morgan fingerprint density at radius 1 is 1.62 bits per heavy atom. The maximum atomic E-state index is 4.42. The SMILES string of the molecule is C/C=C/C/C=N/OC. The van der Waals surface area contributed by atoms with Gasteiger partial charge >= 0.3 is 0 Å². The molecule has 46 valence electrons. The minimum absolute atomic E-state index is 0.852. The minimum atomic E-state index is 0.852. The minimum Gasteiger partial charge on any atom is -0.399 e. The van der Waals surface area contributed by atoms with Crippen LogP contribution in [0.4, 0.5) is 0 Å². The maximum absolute atomic E-state index is 4.42. The molecule has 0 aliphatic heterocycles. The number of allylic oxidation sites excluding steroid dienone is 2. The molecule has 2 nitrogen and oxygen atoms in total. The smallest absolute Gasteiger partial charge is 0.106 e. The van der Waals surface area contributed by atoms with Gasteiger partial charge in [0.05, 0.1) is 0 Å². The lowest BCUT2D eigenvalue weighted by molar-refractivity contribution is 0.215. The summed E-state index contributed by atoms with van der Waals surface area (Å²) in [5, 5.41) is 3.53. The molecule has 0 rings (SSSR count). The first kappa shape index (κ1) is 7.21. The highest BCUT2D eigenvalue weighted by atomic mass is 16.6. The van der Waals surface area contributed by atoms with Crippen LogP contribution in [0.15, 0.2) is 17.3 Å². The highest BCUT2D eigenvalue weighted by molar-refractivity contribution is 5.58. The van der Waals surface area contributed by atoms with E-state index in [4.69, 9.17) is 0 Å². The van der Waals surface area contributed by atoms with Crippen LogP contribution in [0.2, 0.25) is 0 Å². The number of rotatable bonds is 3. The Morgan fingerprint density at radius 3 is 2.88 bits per heavy atom. The summed E-state index contributed by atoms with van der Waals surface area (Å²) in [6, 6.07) is 0. The summed E-state index contributed by atoms with van der Waals surface area (Å²) >= 11 is 0. The van der Waals surface area contributed by atoms with Crippen LogP contribution >= 0.6 is 0 Å². The van der Waals surface area contributed by atoms with E-state index in [1.165, 1.54) is 7.11 Å². The molecule has 0 atom stereocenters. The standard InChI is InChI=1S/C6H11NO/c1-3-4-5-6-7-8-2/h3-4,6H,5H2,1-2H3/b4-3+,7-6+. The molecule has 0 unspecified atom stereocenters. The molecule has 0 aromatic carbocycles. The molecule has 0 aliphatic rings. The first-order valence-corrected chi connectivity index (χ1v) is 2.58. The van der Waals surface area contributed by atoms with Crippen molar-refractivity contribution in [2.24, 2.45) is 5.16 Å². The van der Waals surface area contributed by atoms with Crippen molar-refractivity contribution in [3.63, 3.8) is 0 Å². The average molecular weight is 113 g/mol. The molecule has 0 N–H and O–H groups in total. The molecule has 0 aromatic heterocycles. The van der Waals surface area contributed by atoms with Crippen LogP contribution in [0.1, 0.15) is 13.3 Å². The summed E-state index contributed by atoms with van der Waals surface area (Å²) in [5.74, 6) is 0. The lowest BCUT2D eigenvalue weighted by atomic mass is 10.4. The number of oxime groups is 1. The Morgan fingerprint density at radius 2 is 2.38 bits per heavy atom. The van der Waals surface area contributed by atoms with Gasteiger partial charge in [-0.1, -0.05) is 17.3 Å². The second kappa shape index (κ2) is 6.21. The number of nitrogens with zero attached hydrogens (tertiary/aromatic N) is 1. The first-order chi connectivity index (χ1) is 3.91. The van der Waals surface area contributed by atoms with Crippen LogP contribution in [0, 0.1) is 0 Å². The fourth-order valence-corrected chi connectivity index (χ4v) is 0.315. The zero-order chi connectivity index (χ0) is 6.24. The molecule has 0 amide bonds. The molecular weight excluding hydrogens is 102 g/mol. The predicted octanol–water partition coefficient (Wildman–Crippen LogP) is 1.58. The Labute approximate surface area is 49.8 Å². The van der Waals surface area contributed by atoms with Gasteiger partial charge in [-0.15, -0.1) is 0 Å². The maximum Gasteiger partial charge on any atom is 0.106 e. The Balaban J connectivity index is 3.03. The number of hydrogen-bond acceptors (Lipinski definition) is 2. The van der Waals surface area contributed by atoms with Crippen LogP contribution in [-0.2, 0) is 4.84 Å². The first-order valence-electron chi connectivity index (χ1n) is 2.58. The topological polar surface area (TPSA) is 21.6 Å². The zero-order valence-electron chi connectivity index (χ0n) is 5.29. The Bertz CT molecular complexity index is 86.5. The second-order valence-corrected chi connectivity index (χ2v) is 1.28. The van der Waals surface area contributed by atoms with Gasteiger partial charge in [-0.05, 0) is 6.92 Å². The van der Waals surface area contributed by atoms with E-state index >= 15 is 0 Å². The van der Waals surface area contributed by atoms with Crippen molar-refractivity contribution in [3.05, 3.63) is 12.2 Å². The quantitative estimate of drug-likeness (QED) is 0.309. The molecule has 0 aromatic rings. The molecule has 0 radical (unpaired) electrons. The van der Waals surface area contributed by atoms with Crippen LogP contribution in [0.3, 0.4) is 0 Å². The van der Waals surface area contributed by atoms with Gasteiger partial charge < -0.3 is 4.84 Å². The van der Waals surface area contributed by atoms with Crippen molar-refractivity contribution < 1.29 is 4.84 Å². The summed E-state index contributed by atoms with van der Waals surface area (Å²) in [4.78, 5) is 4.42. The van der Waals surface area contributed by atoms with E-state index in [0.29, 0.717) is 0 Å². The molecule has 0 heterocycles. The molecular formula is C6H11NO. The summed E-state index contributed by atoms with van der Waals surface area (Å²) in [6.07, 6.45) is 6.54. The van der Waals surface area contributed by atoms with E-state index < -0.39 is 0 Å². The summed E-state index contributed by atoms with van der Waals surface area (Å²) in [6.45, 7) is 1.97. The summed E-state index contributed by atoms with van der Waals surface area (Å²) in [7, 11) is 1.53. The molecule has 0 spiro atoms. The van der Waals surface area contributed by atoms with Crippen molar-refractivity contribution >= 4 is 6.21 Å². The van der Waals surface area contributed by atoms with E-state index in [1.54, 1.807) is 6.21 Å². The average Bonchev–Trinajstić information content (AvgIpc) is 1.81. The van der Waals surface area contributed by atoms with Gasteiger partial charge in [0.15, 0.2) is 0 Å². The van der Waals surface area contributed by atoms with E-state index in [9.17, 15) is 0 Å². The fraction of sp³-hybridized carbons (Fsp3) is 0.500. The van der Waals surface area contributed by atoms with E-state index in [-0.39, 0.29) is 0 Å². The van der Waals surface area contributed by atoms with Crippen LogP contribution in [-0.4, -0.2) is 13.3 Å². The van der Waals surface area contributed by atoms with Crippen LogP contribution in [0.5, 0.6) is 0 Å². The highest BCUT2D eigenvalue weighted by Gasteiger charge is 1.66. The highest BCUT2D eigenvalue weighted by Crippen LogP contribution is 1.76. The summed E-state index contributed by atoms with van der Waals surface area (Å²) in [5.41, 5.74) is 0. The van der Waals surface area contributed by atoms with Gasteiger partial charge in [0.1, 0.15) is 7.11 Å². The Hall–Kier alpha value is -0.790. The molecule has 0 fully saturated rings. The van der Waals surface area contributed by atoms with Gasteiger partial charge in [-0.25, -0.2) is 0 Å². The molecule has 8 heavy (non-hydrogen) atoms. The third-order valence-corrected chi connectivity index (χ3v) is 0.657. The van der Waals surface area contributed by atoms with Crippen molar-refractivity contribution in [2.75, 3.05) is 7.11 Å². The molecule has 0 aliphatic carbocycles. The van der Waals surface area contributed by atoms with Crippen LogP contribution in [0.25, 0.3) is 0 Å². The largest absolute Gasteiger partial charge is 0.399 e. The van der Waals surface area contributed by atoms with Crippen molar-refractivity contribution in [1.29, 1.82) is 0 Å². The summed E-state index contributed by atoms with van der Waals surface area (Å²) < 4.78 is 0. The zero-order valence-corrected chi connectivity index (χ0v) is 5.29. The molecule has 2 heteroatoms. The van der Waals surface area contributed by atoms with Crippen molar-refractivity contribution in [1.82, 2.24) is 0 Å². The van der Waals surface area contributed by atoms with Gasteiger partial charge in [0.2, 0.25) is 0 Å².